The van der Waals surface area contributed by atoms with E-state index >= 15 is 0 Å². The maximum absolute atomic E-state index is 12.8. The Labute approximate surface area is 180 Å². The highest BCUT2D eigenvalue weighted by molar-refractivity contribution is 5.92. The molecule has 0 unspecified atom stereocenters. The van der Waals surface area contributed by atoms with E-state index in [0.29, 0.717) is 5.41 Å². The van der Waals surface area contributed by atoms with Crippen LogP contribution in [0.3, 0.4) is 0 Å². The molecule has 3 nitrogen and oxygen atoms in total. The van der Waals surface area contributed by atoms with Crippen molar-refractivity contribution in [2.24, 2.45) is 5.41 Å². The summed E-state index contributed by atoms with van der Waals surface area (Å²) in [6.45, 7) is 4.30. The van der Waals surface area contributed by atoms with E-state index in [-0.39, 0.29) is 11.4 Å². The van der Waals surface area contributed by atoms with E-state index in [1.54, 1.807) is 6.08 Å². The molecule has 0 aromatic heterocycles. The van der Waals surface area contributed by atoms with Crippen LogP contribution in [0.25, 0.3) is 6.08 Å². The fraction of sp³-hybridized carbons (Fsp3) is 0.444. The summed E-state index contributed by atoms with van der Waals surface area (Å²) in [5.41, 5.74) is 3.12. The van der Waals surface area contributed by atoms with Gasteiger partial charge in [-0.2, -0.15) is 0 Å². The van der Waals surface area contributed by atoms with E-state index in [1.165, 1.54) is 50.8 Å². The Hall–Kier alpha value is -2.39. The molecule has 0 bridgehead atoms. The van der Waals surface area contributed by atoms with Crippen LogP contribution in [0.2, 0.25) is 0 Å². The second-order valence-electron chi connectivity index (χ2n) is 9.49. The summed E-state index contributed by atoms with van der Waals surface area (Å²) in [5.74, 6) is 0.165. The van der Waals surface area contributed by atoms with E-state index < -0.39 is 0 Å². The second-order valence-corrected chi connectivity index (χ2v) is 9.49. The first kappa shape index (κ1) is 19.6. The molecule has 1 spiro atoms. The van der Waals surface area contributed by atoms with Crippen molar-refractivity contribution in [3.05, 3.63) is 77.9 Å². The number of benzene rings is 2. The summed E-state index contributed by atoms with van der Waals surface area (Å²) in [6, 6.07) is 21.3. The molecule has 2 heterocycles. The first-order chi connectivity index (χ1) is 14.7. The lowest BCUT2D eigenvalue weighted by atomic mass is 9.63. The van der Waals surface area contributed by atoms with Gasteiger partial charge in [-0.15, -0.1) is 0 Å². The van der Waals surface area contributed by atoms with Gasteiger partial charge >= 0.3 is 0 Å². The minimum Gasteiger partial charge on any atom is -0.339 e. The summed E-state index contributed by atoms with van der Waals surface area (Å²) >= 11 is 0. The summed E-state index contributed by atoms with van der Waals surface area (Å²) in [7, 11) is 0. The second kappa shape index (κ2) is 8.03. The van der Waals surface area contributed by atoms with Crippen molar-refractivity contribution in [3.63, 3.8) is 0 Å². The van der Waals surface area contributed by atoms with Crippen LogP contribution in [0.4, 0.5) is 0 Å². The van der Waals surface area contributed by atoms with Crippen LogP contribution < -0.4 is 0 Å². The number of amides is 1. The monoisotopic (exact) mass is 400 g/mol. The lowest BCUT2D eigenvalue weighted by Crippen LogP contribution is -2.56. The van der Waals surface area contributed by atoms with Gasteiger partial charge in [0.1, 0.15) is 0 Å². The first-order valence-electron chi connectivity index (χ1n) is 11.5. The molecule has 3 aliphatic rings. The zero-order chi connectivity index (χ0) is 20.4. The zero-order valence-electron chi connectivity index (χ0n) is 17.8. The summed E-state index contributed by atoms with van der Waals surface area (Å²) in [6.07, 6.45) is 11.1. The molecule has 2 aromatic rings. The quantitative estimate of drug-likeness (QED) is 0.667. The molecular weight excluding hydrogens is 368 g/mol. The van der Waals surface area contributed by atoms with Crippen molar-refractivity contribution >= 4 is 12.0 Å². The molecule has 0 N–H and O–H groups in total. The molecule has 1 saturated carbocycles. The van der Waals surface area contributed by atoms with Crippen LogP contribution in [0.1, 0.15) is 49.7 Å². The average Bonchev–Trinajstić information content (AvgIpc) is 3.18. The molecule has 2 aromatic carbocycles. The van der Waals surface area contributed by atoms with Gasteiger partial charge in [0, 0.05) is 37.8 Å². The number of likely N-dealkylation sites (tertiary alicyclic amines) is 2. The van der Waals surface area contributed by atoms with Crippen molar-refractivity contribution in [1.82, 2.24) is 9.80 Å². The number of nitrogens with zero attached hydrogens (tertiary/aromatic N) is 2. The highest BCUT2D eigenvalue weighted by Crippen LogP contribution is 2.53. The molecule has 3 heteroatoms. The van der Waals surface area contributed by atoms with Gasteiger partial charge in [-0.05, 0) is 61.1 Å². The molecule has 156 valence electrons. The third-order valence-electron chi connectivity index (χ3n) is 7.88. The van der Waals surface area contributed by atoms with Crippen LogP contribution in [0.15, 0.2) is 66.7 Å². The minimum atomic E-state index is 0.165. The Morgan fingerprint density at radius 1 is 0.800 bits per heavy atom. The van der Waals surface area contributed by atoms with E-state index in [2.05, 4.69) is 40.1 Å². The summed E-state index contributed by atoms with van der Waals surface area (Å²) in [4.78, 5) is 17.6. The van der Waals surface area contributed by atoms with E-state index in [0.717, 1.165) is 25.1 Å². The lowest BCUT2D eigenvalue weighted by molar-refractivity contribution is -0.125. The minimum absolute atomic E-state index is 0.165. The van der Waals surface area contributed by atoms with Crippen LogP contribution in [-0.2, 0) is 10.3 Å². The Morgan fingerprint density at radius 3 is 2.10 bits per heavy atom. The molecule has 0 atom stereocenters. The Balaban J connectivity index is 1.26. The SMILES string of the molecule is O=C(/C=C\c1ccccc1)N1CCC2(CCC(c3ccccc3)(N3CCC3)CC2)C1. The molecule has 0 radical (unpaired) electrons. The Morgan fingerprint density at radius 2 is 1.47 bits per heavy atom. The van der Waals surface area contributed by atoms with Crippen LogP contribution >= 0.6 is 0 Å². The molecule has 2 aliphatic heterocycles. The van der Waals surface area contributed by atoms with Crippen LogP contribution in [0.5, 0.6) is 0 Å². The summed E-state index contributed by atoms with van der Waals surface area (Å²) < 4.78 is 0. The van der Waals surface area contributed by atoms with Crippen LogP contribution in [0, 0.1) is 5.41 Å². The summed E-state index contributed by atoms with van der Waals surface area (Å²) in [5, 5.41) is 0. The largest absolute Gasteiger partial charge is 0.339 e. The number of hydrogen-bond donors (Lipinski definition) is 0. The normalized spacial score (nSPS) is 29.4. The van der Waals surface area contributed by atoms with Gasteiger partial charge in [0.25, 0.3) is 0 Å². The number of carbonyl (C=O) groups is 1. The number of hydrogen-bond acceptors (Lipinski definition) is 2. The predicted molar refractivity (Wildman–Crippen MR) is 122 cm³/mol. The fourth-order valence-electron chi connectivity index (χ4n) is 5.84. The third-order valence-corrected chi connectivity index (χ3v) is 7.88. The van der Waals surface area contributed by atoms with Gasteiger partial charge in [-0.1, -0.05) is 60.7 Å². The number of carbonyl (C=O) groups excluding carboxylic acids is 1. The molecular formula is C27H32N2O. The van der Waals surface area contributed by atoms with Crippen molar-refractivity contribution in [2.75, 3.05) is 26.2 Å². The topological polar surface area (TPSA) is 23.6 Å². The predicted octanol–water partition coefficient (Wildman–Crippen LogP) is 5.09. The van der Waals surface area contributed by atoms with Crippen molar-refractivity contribution < 1.29 is 4.79 Å². The van der Waals surface area contributed by atoms with Crippen LogP contribution in [-0.4, -0.2) is 41.9 Å². The van der Waals surface area contributed by atoms with E-state index in [9.17, 15) is 4.79 Å². The molecule has 30 heavy (non-hydrogen) atoms. The van der Waals surface area contributed by atoms with E-state index in [1.807, 2.05) is 36.4 Å². The maximum atomic E-state index is 12.8. The zero-order valence-corrected chi connectivity index (χ0v) is 17.8. The first-order valence-corrected chi connectivity index (χ1v) is 11.5. The van der Waals surface area contributed by atoms with Gasteiger partial charge in [0.05, 0.1) is 0 Å². The maximum Gasteiger partial charge on any atom is 0.246 e. The van der Waals surface area contributed by atoms with Crippen molar-refractivity contribution in [3.8, 4) is 0 Å². The molecule has 5 rings (SSSR count). The molecule has 2 saturated heterocycles. The van der Waals surface area contributed by atoms with Gasteiger partial charge in [-0.25, -0.2) is 0 Å². The van der Waals surface area contributed by atoms with Crippen molar-refractivity contribution in [2.45, 2.75) is 44.1 Å². The molecule has 1 aliphatic carbocycles. The molecule has 1 amide bonds. The van der Waals surface area contributed by atoms with Gasteiger partial charge in [0.2, 0.25) is 5.91 Å². The standard InChI is InChI=1S/C27H32N2O/c30-25(13-12-23-8-3-1-4-9-23)28-21-18-26(22-28)14-16-27(17-15-26,29-19-7-20-29)24-10-5-2-6-11-24/h1-6,8-13H,7,14-22H2/b13-12-. The van der Waals surface area contributed by atoms with Gasteiger partial charge in [0.15, 0.2) is 0 Å². The number of rotatable bonds is 4. The van der Waals surface area contributed by atoms with Gasteiger partial charge in [-0.3, -0.25) is 9.69 Å². The highest BCUT2D eigenvalue weighted by atomic mass is 16.2. The van der Waals surface area contributed by atoms with Gasteiger partial charge < -0.3 is 4.90 Å². The molecule has 3 fully saturated rings. The fourth-order valence-corrected chi connectivity index (χ4v) is 5.84. The lowest BCUT2D eigenvalue weighted by Gasteiger charge is -2.54. The van der Waals surface area contributed by atoms with Crippen molar-refractivity contribution in [1.29, 1.82) is 0 Å². The third kappa shape index (κ3) is 3.60. The average molecular weight is 401 g/mol. The Bertz CT molecular complexity index is 893. The smallest absolute Gasteiger partial charge is 0.246 e. The Kier molecular flexibility index (Phi) is 5.24. The highest BCUT2D eigenvalue weighted by Gasteiger charge is 2.50. The van der Waals surface area contributed by atoms with E-state index in [4.69, 9.17) is 0 Å².